The second kappa shape index (κ2) is 9.49. The van der Waals surface area contributed by atoms with Gasteiger partial charge in [0.05, 0.1) is 12.0 Å². The first-order valence-corrected chi connectivity index (χ1v) is 10.3. The molecule has 0 atom stereocenters. The number of carbonyl (C=O) groups is 1. The number of nitrogens with zero attached hydrogens (tertiary/aromatic N) is 3. The van der Waals surface area contributed by atoms with Crippen LogP contribution in [-0.2, 0) is 11.3 Å². The number of thioether (sulfide) groups is 2. The van der Waals surface area contributed by atoms with Gasteiger partial charge in [-0.15, -0.1) is 22.0 Å². The summed E-state index contributed by atoms with van der Waals surface area (Å²) >= 11 is 3.11. The van der Waals surface area contributed by atoms with Crippen LogP contribution >= 0.6 is 23.5 Å². The number of aromatic nitrogens is 3. The second-order valence-electron chi connectivity index (χ2n) is 5.33. The molecule has 1 N–H and O–H groups in total. The molecule has 136 valence electrons. The Labute approximate surface area is 160 Å². The van der Waals surface area contributed by atoms with E-state index in [1.165, 1.54) is 16.7 Å². The van der Waals surface area contributed by atoms with Crippen molar-refractivity contribution in [2.45, 2.75) is 23.5 Å². The highest BCUT2D eigenvalue weighted by atomic mass is 32.2. The Morgan fingerprint density at radius 1 is 1.15 bits per heavy atom. The monoisotopic (exact) mass is 388 g/mol. The molecule has 8 heteroatoms. The number of nitrogens with one attached hydrogen (secondary N) is 1. The van der Waals surface area contributed by atoms with Crippen molar-refractivity contribution < 1.29 is 9.21 Å². The topological polar surface area (TPSA) is 73.0 Å². The van der Waals surface area contributed by atoms with E-state index in [1.54, 1.807) is 18.0 Å². The van der Waals surface area contributed by atoms with E-state index in [-0.39, 0.29) is 5.91 Å². The van der Waals surface area contributed by atoms with Crippen LogP contribution in [0.1, 0.15) is 6.92 Å². The van der Waals surface area contributed by atoms with Crippen molar-refractivity contribution in [1.29, 1.82) is 0 Å². The van der Waals surface area contributed by atoms with Crippen LogP contribution in [0, 0.1) is 0 Å². The number of benzene rings is 1. The van der Waals surface area contributed by atoms with Crippen LogP contribution in [0.25, 0.3) is 11.6 Å². The molecule has 0 unspecified atom stereocenters. The fourth-order valence-corrected chi connectivity index (χ4v) is 3.95. The standard InChI is InChI=1S/C18H20N4O2S2/c1-2-22-17(15-9-6-11-24-15)20-21-18(22)26-13-16(23)19-10-12-25-14-7-4-3-5-8-14/h3-9,11H,2,10,12-13H2,1H3,(H,19,23). The molecule has 2 aromatic heterocycles. The van der Waals surface area contributed by atoms with Gasteiger partial charge in [-0.3, -0.25) is 9.36 Å². The normalized spacial score (nSPS) is 10.8. The molecule has 3 aromatic rings. The number of rotatable bonds is 9. The minimum atomic E-state index is -0.00568. The van der Waals surface area contributed by atoms with Gasteiger partial charge in [-0.1, -0.05) is 30.0 Å². The summed E-state index contributed by atoms with van der Waals surface area (Å²) < 4.78 is 7.34. The lowest BCUT2D eigenvalue weighted by atomic mass is 10.4. The maximum Gasteiger partial charge on any atom is 0.230 e. The highest BCUT2D eigenvalue weighted by Gasteiger charge is 2.16. The van der Waals surface area contributed by atoms with Crippen molar-refractivity contribution >= 4 is 29.4 Å². The summed E-state index contributed by atoms with van der Waals surface area (Å²) in [5.74, 6) is 2.50. The van der Waals surface area contributed by atoms with Crippen molar-refractivity contribution in [3.63, 3.8) is 0 Å². The Morgan fingerprint density at radius 2 is 2.00 bits per heavy atom. The molecule has 3 rings (SSSR count). The molecular weight excluding hydrogens is 368 g/mol. The van der Waals surface area contributed by atoms with Gasteiger partial charge in [-0.2, -0.15) is 0 Å². The van der Waals surface area contributed by atoms with E-state index >= 15 is 0 Å². The van der Waals surface area contributed by atoms with Gasteiger partial charge in [0.15, 0.2) is 16.7 Å². The number of carbonyl (C=O) groups excluding carboxylic acids is 1. The van der Waals surface area contributed by atoms with Gasteiger partial charge in [0.1, 0.15) is 0 Å². The summed E-state index contributed by atoms with van der Waals surface area (Å²) in [7, 11) is 0. The predicted molar refractivity (Wildman–Crippen MR) is 104 cm³/mol. The Hall–Kier alpha value is -2.19. The van der Waals surface area contributed by atoms with E-state index in [0.717, 1.165) is 5.75 Å². The van der Waals surface area contributed by atoms with Crippen molar-refractivity contribution in [3.8, 4) is 11.6 Å². The molecule has 0 fully saturated rings. The second-order valence-corrected chi connectivity index (χ2v) is 7.44. The highest BCUT2D eigenvalue weighted by molar-refractivity contribution is 7.99. The number of hydrogen-bond acceptors (Lipinski definition) is 6. The van der Waals surface area contributed by atoms with Gasteiger partial charge in [0, 0.05) is 23.7 Å². The largest absolute Gasteiger partial charge is 0.461 e. The van der Waals surface area contributed by atoms with E-state index < -0.39 is 0 Å². The van der Waals surface area contributed by atoms with Gasteiger partial charge in [0.25, 0.3) is 0 Å². The predicted octanol–water partition coefficient (Wildman–Crippen LogP) is 3.56. The maximum absolute atomic E-state index is 12.0. The SMILES string of the molecule is CCn1c(SCC(=O)NCCSc2ccccc2)nnc1-c1ccco1. The van der Waals surface area contributed by atoms with E-state index in [1.807, 2.05) is 41.8 Å². The third kappa shape index (κ3) is 4.92. The first-order valence-electron chi connectivity index (χ1n) is 8.32. The number of amides is 1. The van der Waals surface area contributed by atoms with Crippen molar-refractivity contribution in [2.24, 2.45) is 0 Å². The van der Waals surface area contributed by atoms with Crippen LogP contribution in [0.4, 0.5) is 0 Å². The van der Waals surface area contributed by atoms with E-state index in [0.29, 0.717) is 35.6 Å². The number of furan rings is 1. The van der Waals surface area contributed by atoms with Crippen LogP contribution in [0.5, 0.6) is 0 Å². The molecule has 0 aliphatic rings. The van der Waals surface area contributed by atoms with E-state index in [9.17, 15) is 4.79 Å². The fraction of sp³-hybridized carbons (Fsp3) is 0.278. The summed E-state index contributed by atoms with van der Waals surface area (Å²) in [5.41, 5.74) is 0. The number of hydrogen-bond donors (Lipinski definition) is 1. The Morgan fingerprint density at radius 3 is 2.73 bits per heavy atom. The smallest absolute Gasteiger partial charge is 0.230 e. The quantitative estimate of drug-likeness (QED) is 0.446. The highest BCUT2D eigenvalue weighted by Crippen LogP contribution is 2.24. The molecule has 0 saturated carbocycles. The third-order valence-electron chi connectivity index (χ3n) is 3.54. The van der Waals surface area contributed by atoms with Crippen LogP contribution < -0.4 is 5.32 Å². The molecule has 0 radical (unpaired) electrons. The summed E-state index contributed by atoms with van der Waals surface area (Å²) in [6.07, 6.45) is 1.61. The van der Waals surface area contributed by atoms with Gasteiger partial charge in [-0.05, 0) is 31.2 Å². The Kier molecular flexibility index (Phi) is 6.79. The molecule has 0 aliphatic carbocycles. The molecular formula is C18H20N4O2S2. The summed E-state index contributed by atoms with van der Waals surface area (Å²) in [6, 6.07) is 13.8. The van der Waals surface area contributed by atoms with Gasteiger partial charge in [-0.25, -0.2) is 0 Å². The van der Waals surface area contributed by atoms with Crippen LogP contribution in [0.3, 0.4) is 0 Å². The molecule has 0 bridgehead atoms. The minimum Gasteiger partial charge on any atom is -0.461 e. The molecule has 26 heavy (non-hydrogen) atoms. The van der Waals surface area contributed by atoms with Crippen LogP contribution in [0.15, 0.2) is 63.2 Å². The molecule has 0 saturated heterocycles. The summed E-state index contributed by atoms with van der Waals surface area (Å²) in [6.45, 7) is 3.36. The lowest BCUT2D eigenvalue weighted by Crippen LogP contribution is -2.27. The van der Waals surface area contributed by atoms with Crippen LogP contribution in [-0.4, -0.2) is 38.7 Å². The Bertz CT molecular complexity index is 819. The van der Waals surface area contributed by atoms with Crippen molar-refractivity contribution in [3.05, 3.63) is 48.7 Å². The first-order chi connectivity index (χ1) is 12.8. The van der Waals surface area contributed by atoms with E-state index in [2.05, 4.69) is 27.6 Å². The lowest BCUT2D eigenvalue weighted by Gasteiger charge is -2.07. The van der Waals surface area contributed by atoms with Gasteiger partial charge >= 0.3 is 0 Å². The zero-order chi connectivity index (χ0) is 18.2. The third-order valence-corrected chi connectivity index (χ3v) is 5.52. The molecule has 0 spiro atoms. The zero-order valence-corrected chi connectivity index (χ0v) is 16.1. The molecule has 1 amide bonds. The maximum atomic E-state index is 12.0. The van der Waals surface area contributed by atoms with Crippen LogP contribution in [0.2, 0.25) is 0 Å². The minimum absolute atomic E-state index is 0.00568. The Balaban J connectivity index is 1.44. The van der Waals surface area contributed by atoms with E-state index in [4.69, 9.17) is 4.42 Å². The zero-order valence-electron chi connectivity index (χ0n) is 14.4. The molecule has 0 aliphatic heterocycles. The van der Waals surface area contributed by atoms with Crippen molar-refractivity contribution in [1.82, 2.24) is 20.1 Å². The van der Waals surface area contributed by atoms with Gasteiger partial charge in [0.2, 0.25) is 5.91 Å². The molecule has 6 nitrogen and oxygen atoms in total. The average Bonchev–Trinajstić information content (AvgIpc) is 3.33. The molecule has 2 heterocycles. The van der Waals surface area contributed by atoms with Gasteiger partial charge < -0.3 is 9.73 Å². The summed E-state index contributed by atoms with van der Waals surface area (Å²) in [5, 5.41) is 12.0. The molecule has 1 aromatic carbocycles. The van der Waals surface area contributed by atoms with Crippen molar-refractivity contribution in [2.75, 3.05) is 18.1 Å². The average molecular weight is 389 g/mol. The fourth-order valence-electron chi connectivity index (χ4n) is 2.33. The lowest BCUT2D eigenvalue weighted by molar-refractivity contribution is -0.118. The summed E-state index contributed by atoms with van der Waals surface area (Å²) in [4.78, 5) is 13.3. The first kappa shape index (κ1) is 18.6.